The minimum Gasteiger partial charge on any atom is -0.376 e. The van der Waals surface area contributed by atoms with Crippen molar-refractivity contribution in [2.45, 2.75) is 32.5 Å². The Hall–Kier alpha value is -2.63. The molecule has 0 bridgehead atoms. The fraction of sp³-hybridized carbons (Fsp3) is 0.261. The van der Waals surface area contributed by atoms with Crippen LogP contribution < -0.4 is 10.6 Å². The van der Waals surface area contributed by atoms with Crippen molar-refractivity contribution in [3.63, 3.8) is 0 Å². The monoisotopic (exact) mass is 394 g/mol. The third-order valence-electron chi connectivity index (χ3n) is 4.37. The first kappa shape index (κ1) is 20.1. The molecule has 4 nitrogen and oxygen atoms in total. The van der Waals surface area contributed by atoms with Crippen LogP contribution in [0.4, 0.5) is 5.69 Å². The summed E-state index contributed by atoms with van der Waals surface area (Å²) in [4.78, 5) is 13.4. The molecule has 1 heterocycles. The molecule has 0 fully saturated rings. The van der Waals surface area contributed by atoms with E-state index in [-0.39, 0.29) is 11.9 Å². The predicted octanol–water partition coefficient (Wildman–Crippen LogP) is 4.62. The second-order valence-electron chi connectivity index (χ2n) is 6.65. The molecule has 0 saturated carbocycles. The molecule has 3 aromatic rings. The third kappa shape index (κ3) is 6.51. The fourth-order valence-electron chi connectivity index (χ4n) is 2.83. The standard InChI is InChI=1S/C23H26N2O2S/c1-18(23(26)24-16-22-11-6-14-28-22)25-21-10-5-9-20(15-21)17-27-13-12-19-7-3-2-4-8-19/h2-11,14-15,18,25H,12-13,16-17H2,1H3,(H,24,26). The maximum atomic E-state index is 12.3. The quantitative estimate of drug-likeness (QED) is 0.493. The number of amides is 1. The molecule has 146 valence electrons. The lowest BCUT2D eigenvalue weighted by Crippen LogP contribution is -2.37. The number of hydrogen-bond acceptors (Lipinski definition) is 4. The molecule has 28 heavy (non-hydrogen) atoms. The Morgan fingerprint density at radius 1 is 1.04 bits per heavy atom. The Morgan fingerprint density at radius 3 is 2.64 bits per heavy atom. The van der Waals surface area contributed by atoms with Gasteiger partial charge >= 0.3 is 0 Å². The zero-order chi connectivity index (χ0) is 19.6. The van der Waals surface area contributed by atoms with Gasteiger partial charge in [0.2, 0.25) is 5.91 Å². The number of ether oxygens (including phenoxy) is 1. The van der Waals surface area contributed by atoms with Crippen LogP contribution in [0, 0.1) is 0 Å². The maximum absolute atomic E-state index is 12.3. The minimum atomic E-state index is -0.311. The van der Waals surface area contributed by atoms with E-state index in [1.165, 1.54) is 5.56 Å². The molecule has 0 saturated heterocycles. The number of carbonyl (C=O) groups excluding carboxylic acids is 1. The minimum absolute atomic E-state index is 0.0158. The molecular formula is C23H26N2O2S. The van der Waals surface area contributed by atoms with Gasteiger partial charge in [-0.25, -0.2) is 0 Å². The van der Waals surface area contributed by atoms with Crippen molar-refractivity contribution in [2.24, 2.45) is 0 Å². The summed E-state index contributed by atoms with van der Waals surface area (Å²) in [5, 5.41) is 8.24. The molecule has 5 heteroatoms. The van der Waals surface area contributed by atoms with Gasteiger partial charge in [-0.15, -0.1) is 11.3 Å². The summed E-state index contributed by atoms with van der Waals surface area (Å²) < 4.78 is 5.81. The average molecular weight is 395 g/mol. The number of nitrogens with one attached hydrogen (secondary N) is 2. The van der Waals surface area contributed by atoms with Crippen molar-refractivity contribution in [1.82, 2.24) is 5.32 Å². The van der Waals surface area contributed by atoms with Gasteiger partial charge in [-0.05, 0) is 48.1 Å². The van der Waals surface area contributed by atoms with Crippen molar-refractivity contribution in [3.05, 3.63) is 88.1 Å². The van der Waals surface area contributed by atoms with E-state index in [0.717, 1.165) is 22.5 Å². The van der Waals surface area contributed by atoms with Gasteiger partial charge in [0.25, 0.3) is 0 Å². The van der Waals surface area contributed by atoms with Crippen LogP contribution >= 0.6 is 11.3 Å². The molecule has 1 atom stereocenters. The molecular weight excluding hydrogens is 368 g/mol. The fourth-order valence-corrected chi connectivity index (χ4v) is 3.48. The lowest BCUT2D eigenvalue weighted by Gasteiger charge is -2.16. The Balaban J connectivity index is 1.42. The van der Waals surface area contributed by atoms with Crippen molar-refractivity contribution >= 4 is 22.9 Å². The van der Waals surface area contributed by atoms with Gasteiger partial charge in [0.15, 0.2) is 0 Å². The zero-order valence-corrected chi connectivity index (χ0v) is 16.9. The molecule has 1 aromatic heterocycles. The van der Waals surface area contributed by atoms with E-state index < -0.39 is 0 Å². The smallest absolute Gasteiger partial charge is 0.242 e. The van der Waals surface area contributed by atoms with Gasteiger partial charge in [-0.3, -0.25) is 4.79 Å². The number of carbonyl (C=O) groups is 1. The highest BCUT2D eigenvalue weighted by Crippen LogP contribution is 2.14. The highest BCUT2D eigenvalue weighted by Gasteiger charge is 2.12. The summed E-state index contributed by atoms with van der Waals surface area (Å²) >= 11 is 1.64. The van der Waals surface area contributed by atoms with Crippen LogP contribution in [0.5, 0.6) is 0 Å². The Bertz CT molecular complexity index is 850. The van der Waals surface area contributed by atoms with E-state index in [4.69, 9.17) is 4.74 Å². The van der Waals surface area contributed by atoms with Crippen LogP contribution in [0.15, 0.2) is 72.1 Å². The van der Waals surface area contributed by atoms with E-state index in [9.17, 15) is 4.79 Å². The van der Waals surface area contributed by atoms with Crippen LogP contribution in [0.3, 0.4) is 0 Å². The molecule has 0 aliphatic rings. The number of thiophene rings is 1. The molecule has 3 rings (SSSR count). The summed E-state index contributed by atoms with van der Waals surface area (Å²) in [6, 6.07) is 22.0. The van der Waals surface area contributed by atoms with Crippen LogP contribution in [0.1, 0.15) is 22.9 Å². The molecule has 2 N–H and O–H groups in total. The van der Waals surface area contributed by atoms with Crippen molar-refractivity contribution in [3.8, 4) is 0 Å². The van der Waals surface area contributed by atoms with Gasteiger partial charge < -0.3 is 15.4 Å². The van der Waals surface area contributed by atoms with Gasteiger partial charge in [0.05, 0.1) is 19.8 Å². The molecule has 0 radical (unpaired) electrons. The summed E-state index contributed by atoms with van der Waals surface area (Å²) in [7, 11) is 0. The summed E-state index contributed by atoms with van der Waals surface area (Å²) in [5.74, 6) is -0.0158. The van der Waals surface area contributed by atoms with E-state index in [0.29, 0.717) is 19.8 Å². The van der Waals surface area contributed by atoms with Crippen LogP contribution in [-0.4, -0.2) is 18.6 Å². The lowest BCUT2D eigenvalue weighted by molar-refractivity contribution is -0.121. The number of benzene rings is 2. The number of rotatable bonds is 10. The van der Waals surface area contributed by atoms with E-state index >= 15 is 0 Å². The highest BCUT2D eigenvalue weighted by molar-refractivity contribution is 7.09. The molecule has 0 spiro atoms. The third-order valence-corrected chi connectivity index (χ3v) is 5.24. The molecule has 1 amide bonds. The second kappa shape index (κ2) is 10.6. The first-order valence-electron chi connectivity index (χ1n) is 9.48. The maximum Gasteiger partial charge on any atom is 0.242 e. The average Bonchev–Trinajstić information content (AvgIpc) is 3.24. The Morgan fingerprint density at radius 2 is 1.86 bits per heavy atom. The summed E-state index contributed by atoms with van der Waals surface area (Å²) in [5.41, 5.74) is 3.28. The Kier molecular flexibility index (Phi) is 7.64. The van der Waals surface area contributed by atoms with Gasteiger partial charge in [-0.2, -0.15) is 0 Å². The molecule has 1 unspecified atom stereocenters. The normalized spacial score (nSPS) is 11.8. The SMILES string of the molecule is CC(Nc1cccc(COCCc2ccccc2)c1)C(=O)NCc1cccs1. The first-order valence-corrected chi connectivity index (χ1v) is 10.4. The van der Waals surface area contributed by atoms with Gasteiger partial charge in [-0.1, -0.05) is 48.5 Å². The molecule has 0 aliphatic carbocycles. The van der Waals surface area contributed by atoms with Crippen LogP contribution in [-0.2, 0) is 29.1 Å². The summed E-state index contributed by atoms with van der Waals surface area (Å²) in [6.45, 7) is 3.68. The van der Waals surface area contributed by atoms with Crippen molar-refractivity contribution in [2.75, 3.05) is 11.9 Å². The van der Waals surface area contributed by atoms with Crippen LogP contribution in [0.25, 0.3) is 0 Å². The predicted molar refractivity (Wildman–Crippen MR) is 115 cm³/mol. The van der Waals surface area contributed by atoms with E-state index in [2.05, 4.69) is 22.8 Å². The van der Waals surface area contributed by atoms with Crippen molar-refractivity contribution < 1.29 is 9.53 Å². The number of anilines is 1. The van der Waals surface area contributed by atoms with Gasteiger partial charge in [0.1, 0.15) is 6.04 Å². The van der Waals surface area contributed by atoms with Gasteiger partial charge in [0, 0.05) is 10.6 Å². The lowest BCUT2D eigenvalue weighted by atomic mass is 10.1. The van der Waals surface area contributed by atoms with Crippen molar-refractivity contribution in [1.29, 1.82) is 0 Å². The zero-order valence-electron chi connectivity index (χ0n) is 16.1. The van der Waals surface area contributed by atoms with Crippen LogP contribution in [0.2, 0.25) is 0 Å². The topological polar surface area (TPSA) is 50.4 Å². The first-order chi connectivity index (χ1) is 13.7. The molecule has 0 aliphatic heterocycles. The van der Waals surface area contributed by atoms with E-state index in [1.54, 1.807) is 11.3 Å². The Labute approximate surface area is 170 Å². The highest BCUT2D eigenvalue weighted by atomic mass is 32.1. The molecule has 2 aromatic carbocycles. The second-order valence-corrected chi connectivity index (χ2v) is 7.68. The van der Waals surface area contributed by atoms with E-state index in [1.807, 2.05) is 66.9 Å². The number of hydrogen-bond donors (Lipinski definition) is 2. The largest absolute Gasteiger partial charge is 0.376 e. The summed E-state index contributed by atoms with van der Waals surface area (Å²) in [6.07, 6.45) is 0.903.